The van der Waals surface area contributed by atoms with Crippen LogP contribution in [0.1, 0.15) is 0 Å². The molecule has 2 nitrogen and oxygen atoms in total. The molecule has 0 heterocycles. The molecule has 0 aromatic heterocycles. The van der Waals surface area contributed by atoms with Crippen LogP contribution in [0.25, 0.3) is 11.1 Å². The van der Waals surface area contributed by atoms with Crippen molar-refractivity contribution in [3.8, 4) is 22.6 Å². The van der Waals surface area contributed by atoms with Gasteiger partial charge in [-0.05, 0) is 23.0 Å². The molecule has 1 unspecified atom stereocenters. The Balaban J connectivity index is 0.000000219. The van der Waals surface area contributed by atoms with Crippen molar-refractivity contribution in [2.75, 3.05) is 14.2 Å². The van der Waals surface area contributed by atoms with Crippen molar-refractivity contribution in [2.24, 2.45) is 0 Å². The van der Waals surface area contributed by atoms with E-state index in [0.717, 1.165) is 22.6 Å². The summed E-state index contributed by atoms with van der Waals surface area (Å²) >= 11 is 5.55. The minimum Gasteiger partial charge on any atom is -0.496 e. The largest absolute Gasteiger partial charge is 0.496 e. The van der Waals surface area contributed by atoms with E-state index in [0.29, 0.717) is 7.93 Å². The summed E-state index contributed by atoms with van der Waals surface area (Å²) in [5.74, 6) is 1.65. The highest BCUT2D eigenvalue weighted by atomic mass is 35.7. The lowest BCUT2D eigenvalue weighted by Crippen LogP contribution is -1.92. The molecule has 0 saturated heterocycles. The third kappa shape index (κ3) is 4.99. The summed E-state index contributed by atoms with van der Waals surface area (Å²) in [6, 6.07) is 25.9. The van der Waals surface area contributed by atoms with Gasteiger partial charge in [0.25, 0.3) is 0 Å². The van der Waals surface area contributed by atoms with E-state index in [1.54, 1.807) is 14.2 Å². The standard InChI is InChI=1S/C14H14O2.C6H6ClP/c1-15-12-9-6-10-13(16-2)14(12)11-7-4-3-5-8-11;7-8-6-4-2-1-3-5-6/h3-10H,1-2H3;1-5,8H. The number of hydrogen-bond donors (Lipinski definition) is 0. The van der Waals surface area contributed by atoms with Gasteiger partial charge >= 0.3 is 0 Å². The smallest absolute Gasteiger partial charge is 0.130 e. The van der Waals surface area contributed by atoms with E-state index in [1.807, 2.05) is 78.9 Å². The van der Waals surface area contributed by atoms with Gasteiger partial charge in [0.2, 0.25) is 0 Å². The molecular weight excluding hydrogens is 339 g/mol. The Morgan fingerprint density at radius 2 is 1.17 bits per heavy atom. The van der Waals surface area contributed by atoms with Crippen LogP contribution < -0.4 is 14.8 Å². The minimum absolute atomic E-state index is 0.402. The highest BCUT2D eigenvalue weighted by Gasteiger charge is 2.10. The molecule has 0 aliphatic heterocycles. The van der Waals surface area contributed by atoms with Crippen LogP contribution in [0, 0.1) is 0 Å². The normalized spacial score (nSPS) is 10.1. The summed E-state index contributed by atoms with van der Waals surface area (Å²) in [6.07, 6.45) is 0. The van der Waals surface area contributed by atoms with Crippen LogP contribution in [0.4, 0.5) is 0 Å². The Bertz CT molecular complexity index is 711. The fourth-order valence-corrected chi connectivity index (χ4v) is 2.94. The second kappa shape index (κ2) is 9.97. The maximum Gasteiger partial charge on any atom is 0.130 e. The fraction of sp³-hybridized carbons (Fsp3) is 0.100. The van der Waals surface area contributed by atoms with Crippen molar-refractivity contribution in [3.05, 3.63) is 78.9 Å². The maximum absolute atomic E-state index is 5.55. The highest BCUT2D eigenvalue weighted by Crippen LogP contribution is 2.37. The lowest BCUT2D eigenvalue weighted by Gasteiger charge is -2.12. The van der Waals surface area contributed by atoms with Crippen molar-refractivity contribution in [3.63, 3.8) is 0 Å². The number of halogens is 1. The molecule has 0 aliphatic rings. The second-order valence-electron chi connectivity index (χ2n) is 4.86. The molecule has 4 heteroatoms. The topological polar surface area (TPSA) is 18.5 Å². The van der Waals surface area contributed by atoms with Gasteiger partial charge < -0.3 is 9.47 Å². The summed E-state index contributed by atoms with van der Waals surface area (Å²) in [7, 11) is 3.74. The summed E-state index contributed by atoms with van der Waals surface area (Å²) in [4.78, 5) is 0. The number of hydrogen-bond acceptors (Lipinski definition) is 2. The van der Waals surface area contributed by atoms with Gasteiger partial charge in [-0.3, -0.25) is 0 Å². The van der Waals surface area contributed by atoms with E-state index in [4.69, 9.17) is 20.7 Å². The Morgan fingerprint density at radius 3 is 1.58 bits per heavy atom. The average molecular weight is 359 g/mol. The molecule has 0 bridgehead atoms. The predicted molar refractivity (Wildman–Crippen MR) is 105 cm³/mol. The molecule has 3 aromatic carbocycles. The van der Waals surface area contributed by atoms with Crippen molar-refractivity contribution in [1.29, 1.82) is 0 Å². The molecule has 0 fully saturated rings. The van der Waals surface area contributed by atoms with Crippen LogP contribution in [0.5, 0.6) is 11.5 Å². The molecule has 124 valence electrons. The van der Waals surface area contributed by atoms with E-state index >= 15 is 0 Å². The molecule has 3 aromatic rings. The van der Waals surface area contributed by atoms with Crippen molar-refractivity contribution < 1.29 is 9.47 Å². The van der Waals surface area contributed by atoms with Gasteiger partial charge in [0, 0.05) is 7.93 Å². The number of ether oxygens (including phenoxy) is 2. The number of methoxy groups -OCH3 is 2. The third-order valence-corrected chi connectivity index (χ3v) is 4.58. The van der Waals surface area contributed by atoms with Gasteiger partial charge in [0.15, 0.2) is 0 Å². The quantitative estimate of drug-likeness (QED) is 0.572. The Hall–Kier alpha value is -2.02. The SMILES string of the molecule is COc1cccc(OC)c1-c1ccccc1.ClPc1ccccc1. The van der Waals surface area contributed by atoms with Gasteiger partial charge in [-0.2, -0.15) is 0 Å². The Kier molecular flexibility index (Phi) is 7.61. The van der Waals surface area contributed by atoms with E-state index in [2.05, 4.69) is 0 Å². The molecular formula is C20H20ClO2P. The Morgan fingerprint density at radius 1 is 0.667 bits per heavy atom. The van der Waals surface area contributed by atoms with Crippen LogP contribution in [0.2, 0.25) is 0 Å². The van der Waals surface area contributed by atoms with Crippen LogP contribution in [-0.2, 0) is 0 Å². The third-order valence-electron chi connectivity index (χ3n) is 3.37. The van der Waals surface area contributed by atoms with Gasteiger partial charge in [0.1, 0.15) is 11.5 Å². The summed E-state index contributed by atoms with van der Waals surface area (Å²) < 4.78 is 10.7. The minimum atomic E-state index is 0.402. The zero-order valence-corrected chi connectivity index (χ0v) is 15.5. The molecule has 0 N–H and O–H groups in total. The van der Waals surface area contributed by atoms with Crippen LogP contribution in [0.3, 0.4) is 0 Å². The van der Waals surface area contributed by atoms with E-state index in [-0.39, 0.29) is 0 Å². The number of rotatable bonds is 4. The predicted octanol–water partition coefficient (Wildman–Crippen LogP) is 5.52. The first kappa shape index (κ1) is 18.3. The molecule has 0 spiro atoms. The molecule has 3 rings (SSSR count). The first-order valence-electron chi connectivity index (χ1n) is 7.48. The first-order valence-corrected chi connectivity index (χ1v) is 9.49. The summed E-state index contributed by atoms with van der Waals surface area (Å²) in [5, 5.41) is 1.20. The van der Waals surface area contributed by atoms with Crippen LogP contribution in [-0.4, -0.2) is 14.2 Å². The molecule has 0 saturated carbocycles. The Labute approximate surface area is 150 Å². The number of benzene rings is 3. The van der Waals surface area contributed by atoms with Crippen LogP contribution in [0.15, 0.2) is 78.9 Å². The lowest BCUT2D eigenvalue weighted by atomic mass is 10.0. The monoisotopic (exact) mass is 358 g/mol. The molecule has 24 heavy (non-hydrogen) atoms. The van der Waals surface area contributed by atoms with Crippen molar-refractivity contribution in [1.82, 2.24) is 0 Å². The van der Waals surface area contributed by atoms with E-state index in [1.165, 1.54) is 5.30 Å². The van der Waals surface area contributed by atoms with Crippen LogP contribution >= 0.6 is 19.2 Å². The fourth-order valence-electron chi connectivity index (χ4n) is 2.24. The lowest BCUT2D eigenvalue weighted by molar-refractivity contribution is 0.397. The zero-order chi connectivity index (χ0) is 17.2. The van der Waals surface area contributed by atoms with Crippen molar-refractivity contribution in [2.45, 2.75) is 0 Å². The summed E-state index contributed by atoms with van der Waals surface area (Å²) in [5.41, 5.74) is 2.09. The first-order chi connectivity index (χ1) is 11.8. The van der Waals surface area contributed by atoms with E-state index in [9.17, 15) is 0 Å². The molecule has 1 atom stereocenters. The average Bonchev–Trinajstić information content (AvgIpc) is 2.69. The highest BCUT2D eigenvalue weighted by molar-refractivity contribution is 7.74. The van der Waals surface area contributed by atoms with Gasteiger partial charge in [-0.25, -0.2) is 0 Å². The summed E-state index contributed by atoms with van der Waals surface area (Å²) in [6.45, 7) is 0. The van der Waals surface area contributed by atoms with Gasteiger partial charge in [0.05, 0.1) is 19.8 Å². The van der Waals surface area contributed by atoms with Gasteiger partial charge in [-0.1, -0.05) is 78.0 Å². The van der Waals surface area contributed by atoms with Gasteiger partial charge in [-0.15, -0.1) is 0 Å². The zero-order valence-electron chi connectivity index (χ0n) is 13.7. The molecule has 0 radical (unpaired) electrons. The molecule has 0 amide bonds. The maximum atomic E-state index is 5.55. The second-order valence-corrected chi connectivity index (χ2v) is 6.20. The van der Waals surface area contributed by atoms with E-state index < -0.39 is 0 Å². The molecule has 0 aliphatic carbocycles. The van der Waals surface area contributed by atoms with Crippen molar-refractivity contribution >= 4 is 24.5 Å².